The van der Waals surface area contributed by atoms with Crippen molar-refractivity contribution in [2.45, 2.75) is 38.5 Å². The first-order chi connectivity index (χ1) is 15.6. The zero-order chi connectivity index (χ0) is 22.1. The Morgan fingerprint density at radius 1 is 1.09 bits per heavy atom. The van der Waals surface area contributed by atoms with Crippen LogP contribution in [-0.2, 0) is 12.8 Å². The lowest BCUT2D eigenvalue weighted by Crippen LogP contribution is -2.11. The van der Waals surface area contributed by atoms with Gasteiger partial charge in [-0.3, -0.25) is 10.1 Å². The molecule has 6 nitrogen and oxygen atoms in total. The number of hydrogen-bond acceptors (Lipinski definition) is 7. The fraction of sp³-hybridized carbons (Fsp3) is 0.292. The molecular formula is C24H24N4O2S2. The van der Waals surface area contributed by atoms with E-state index in [1.807, 2.05) is 29.6 Å². The standard InChI is InChI=1S/C24H24N4O2S2/c1-30-16-10-8-14(9-11-16)19-13-31-24(27-19)28-22(29)21-20(25)17-12-15-6-4-2-3-5-7-18(15)26-23(17)32-21/h8-13H,2-7,25H2,1H3,(H,27,28,29). The highest BCUT2D eigenvalue weighted by atomic mass is 32.1. The van der Waals surface area contributed by atoms with Crippen molar-refractivity contribution in [3.63, 3.8) is 0 Å². The van der Waals surface area contributed by atoms with Crippen LogP contribution >= 0.6 is 22.7 Å². The minimum atomic E-state index is -0.242. The maximum absolute atomic E-state index is 13.0. The zero-order valence-electron chi connectivity index (χ0n) is 17.8. The third kappa shape index (κ3) is 4.08. The number of nitrogen functional groups attached to an aromatic ring is 1. The molecule has 3 N–H and O–H groups in total. The number of aryl methyl sites for hydroxylation is 2. The Kier molecular flexibility index (Phi) is 5.80. The predicted octanol–water partition coefficient (Wildman–Crippen LogP) is 5.92. The van der Waals surface area contributed by atoms with Crippen LogP contribution in [0.3, 0.4) is 0 Å². The number of nitrogens with one attached hydrogen (secondary N) is 1. The molecule has 32 heavy (non-hydrogen) atoms. The van der Waals surface area contributed by atoms with Gasteiger partial charge in [-0.15, -0.1) is 22.7 Å². The predicted molar refractivity (Wildman–Crippen MR) is 132 cm³/mol. The van der Waals surface area contributed by atoms with Crippen molar-refractivity contribution in [1.29, 1.82) is 0 Å². The van der Waals surface area contributed by atoms with Gasteiger partial charge in [-0.1, -0.05) is 12.8 Å². The fourth-order valence-electron chi connectivity index (χ4n) is 4.06. The number of carbonyl (C=O) groups excluding carboxylic acids is 1. The molecule has 0 unspecified atom stereocenters. The molecule has 0 aliphatic heterocycles. The number of thiophene rings is 1. The van der Waals surface area contributed by atoms with Crippen molar-refractivity contribution >= 4 is 49.6 Å². The summed E-state index contributed by atoms with van der Waals surface area (Å²) in [6.07, 6.45) is 6.89. The van der Waals surface area contributed by atoms with E-state index >= 15 is 0 Å². The summed E-state index contributed by atoms with van der Waals surface area (Å²) in [5, 5.41) is 6.26. The Hall–Kier alpha value is -2.97. The first kappa shape index (κ1) is 20.9. The van der Waals surface area contributed by atoms with Crippen LogP contribution in [-0.4, -0.2) is 23.0 Å². The molecule has 164 valence electrons. The molecule has 5 rings (SSSR count). The lowest BCUT2D eigenvalue weighted by Gasteiger charge is -2.12. The fourth-order valence-corrected chi connectivity index (χ4v) is 5.77. The van der Waals surface area contributed by atoms with Gasteiger partial charge in [0.1, 0.15) is 15.5 Å². The van der Waals surface area contributed by atoms with E-state index in [0.717, 1.165) is 45.8 Å². The van der Waals surface area contributed by atoms with Crippen LogP contribution in [0.25, 0.3) is 21.5 Å². The molecule has 0 radical (unpaired) electrons. The maximum Gasteiger partial charge on any atom is 0.269 e. The molecule has 3 heterocycles. The number of amides is 1. The van der Waals surface area contributed by atoms with E-state index in [1.165, 1.54) is 53.9 Å². The van der Waals surface area contributed by atoms with Crippen LogP contribution < -0.4 is 15.8 Å². The second kappa shape index (κ2) is 8.88. The van der Waals surface area contributed by atoms with Gasteiger partial charge in [-0.05, 0) is 61.6 Å². The number of methoxy groups -OCH3 is 1. The van der Waals surface area contributed by atoms with E-state index in [1.54, 1.807) is 7.11 Å². The molecular weight excluding hydrogens is 440 g/mol. The highest BCUT2D eigenvalue weighted by molar-refractivity contribution is 7.21. The molecule has 4 aromatic rings. The average Bonchev–Trinajstić information content (AvgIpc) is 3.38. The van der Waals surface area contributed by atoms with Gasteiger partial charge in [-0.25, -0.2) is 9.97 Å². The van der Waals surface area contributed by atoms with Crippen molar-refractivity contribution in [3.8, 4) is 17.0 Å². The number of nitrogens with two attached hydrogens (primary N) is 1. The summed E-state index contributed by atoms with van der Waals surface area (Å²) in [6, 6.07) is 9.82. The van der Waals surface area contributed by atoms with Gasteiger partial charge in [0.05, 0.1) is 18.5 Å². The third-order valence-electron chi connectivity index (χ3n) is 5.82. The van der Waals surface area contributed by atoms with E-state index in [-0.39, 0.29) is 5.91 Å². The number of nitrogens with zero attached hydrogens (tertiary/aromatic N) is 2. The highest BCUT2D eigenvalue weighted by Gasteiger charge is 2.21. The molecule has 1 aliphatic rings. The summed E-state index contributed by atoms with van der Waals surface area (Å²) >= 11 is 2.75. The van der Waals surface area contributed by atoms with E-state index in [4.69, 9.17) is 15.5 Å². The summed E-state index contributed by atoms with van der Waals surface area (Å²) in [4.78, 5) is 23.8. The van der Waals surface area contributed by atoms with Crippen molar-refractivity contribution in [3.05, 3.63) is 51.8 Å². The second-order valence-corrected chi connectivity index (χ2v) is 9.78. The van der Waals surface area contributed by atoms with E-state index in [0.29, 0.717) is 15.7 Å². The Morgan fingerprint density at radius 3 is 2.66 bits per heavy atom. The summed E-state index contributed by atoms with van der Waals surface area (Å²) in [5.41, 5.74) is 11.1. The third-order valence-corrected chi connectivity index (χ3v) is 7.69. The van der Waals surface area contributed by atoms with Gasteiger partial charge in [0.25, 0.3) is 5.91 Å². The number of benzene rings is 1. The molecule has 3 aromatic heterocycles. The van der Waals surface area contributed by atoms with Crippen molar-refractivity contribution < 1.29 is 9.53 Å². The van der Waals surface area contributed by atoms with Crippen LogP contribution in [0.15, 0.2) is 35.7 Å². The van der Waals surface area contributed by atoms with Crippen LogP contribution in [0, 0.1) is 0 Å². The molecule has 0 spiro atoms. The minimum absolute atomic E-state index is 0.242. The molecule has 8 heteroatoms. The van der Waals surface area contributed by atoms with Gasteiger partial charge in [-0.2, -0.15) is 0 Å². The van der Waals surface area contributed by atoms with E-state index in [2.05, 4.69) is 16.4 Å². The van der Waals surface area contributed by atoms with Gasteiger partial charge < -0.3 is 10.5 Å². The number of aromatic nitrogens is 2. The van der Waals surface area contributed by atoms with Crippen molar-refractivity contribution in [2.24, 2.45) is 0 Å². The van der Waals surface area contributed by atoms with Crippen molar-refractivity contribution in [1.82, 2.24) is 9.97 Å². The first-order valence-corrected chi connectivity index (χ1v) is 12.4. The van der Waals surface area contributed by atoms with Crippen LogP contribution in [0.2, 0.25) is 0 Å². The van der Waals surface area contributed by atoms with Crippen molar-refractivity contribution in [2.75, 3.05) is 18.2 Å². The Morgan fingerprint density at radius 2 is 1.88 bits per heavy atom. The Bertz CT molecular complexity index is 1280. The number of anilines is 2. The summed E-state index contributed by atoms with van der Waals surface area (Å²) in [7, 11) is 1.64. The summed E-state index contributed by atoms with van der Waals surface area (Å²) < 4.78 is 5.20. The SMILES string of the molecule is COc1ccc(-c2csc(NC(=O)c3sc4nc5c(cc4c3N)CCCCCC5)n2)cc1. The van der Waals surface area contributed by atoms with Crippen LogP contribution in [0.5, 0.6) is 5.75 Å². The molecule has 1 aromatic carbocycles. The minimum Gasteiger partial charge on any atom is -0.497 e. The summed E-state index contributed by atoms with van der Waals surface area (Å²) in [5.74, 6) is 0.549. The number of thiazole rings is 1. The van der Waals surface area contributed by atoms with Crippen LogP contribution in [0.4, 0.5) is 10.8 Å². The average molecular weight is 465 g/mol. The van der Waals surface area contributed by atoms with Gasteiger partial charge in [0.15, 0.2) is 5.13 Å². The quantitative estimate of drug-likeness (QED) is 0.391. The maximum atomic E-state index is 13.0. The highest BCUT2D eigenvalue weighted by Crippen LogP contribution is 2.36. The number of rotatable bonds is 4. The molecule has 0 fully saturated rings. The molecule has 1 amide bonds. The molecule has 0 atom stereocenters. The topological polar surface area (TPSA) is 90.1 Å². The first-order valence-electron chi connectivity index (χ1n) is 10.7. The second-order valence-electron chi connectivity index (χ2n) is 7.93. The number of fused-ring (bicyclic) bond motifs is 2. The monoisotopic (exact) mass is 464 g/mol. The van der Waals surface area contributed by atoms with Gasteiger partial charge >= 0.3 is 0 Å². The number of pyridine rings is 1. The number of hydrogen-bond donors (Lipinski definition) is 2. The molecule has 0 saturated carbocycles. The number of ether oxygens (including phenoxy) is 1. The smallest absolute Gasteiger partial charge is 0.269 e. The van der Waals surface area contributed by atoms with Crippen LogP contribution in [0.1, 0.15) is 46.6 Å². The van der Waals surface area contributed by atoms with E-state index in [9.17, 15) is 4.79 Å². The number of carbonyl (C=O) groups is 1. The van der Waals surface area contributed by atoms with Gasteiger partial charge in [0.2, 0.25) is 0 Å². The molecule has 1 aliphatic carbocycles. The lowest BCUT2D eigenvalue weighted by molar-refractivity contribution is 0.103. The van der Waals surface area contributed by atoms with Gasteiger partial charge in [0, 0.05) is 22.0 Å². The Balaban J connectivity index is 1.39. The molecule has 0 saturated heterocycles. The normalized spacial score (nSPS) is 13.9. The summed E-state index contributed by atoms with van der Waals surface area (Å²) in [6.45, 7) is 0. The Labute approximate surface area is 194 Å². The van der Waals surface area contributed by atoms with E-state index < -0.39 is 0 Å². The largest absolute Gasteiger partial charge is 0.497 e. The zero-order valence-corrected chi connectivity index (χ0v) is 19.4. The lowest BCUT2D eigenvalue weighted by atomic mass is 9.96. The molecule has 0 bridgehead atoms.